The number of alkyl carbamates (subject to hydrolysis) is 2. The Morgan fingerprint density at radius 3 is 1.96 bits per heavy atom. The molecule has 11 nitrogen and oxygen atoms in total. The number of alkyl halides is 3. The molecule has 3 N–H and O–H groups in total. The van der Waals surface area contributed by atoms with Gasteiger partial charge in [-0.15, -0.1) is 0 Å². The SMILES string of the molecule is CC(C)(C)OC(=O)NC(=NCCCCc1ccc2cccc(NS(=O)(=O)c3ccc(C(F)(F)F)cc3)c2n1)NC(=O)OC(C)(C)C. The molecule has 0 aliphatic rings. The zero-order valence-electron chi connectivity index (χ0n) is 26.4. The molecule has 0 bridgehead atoms. The number of carbonyl (C=O) groups is 2. The Morgan fingerprint density at radius 1 is 0.826 bits per heavy atom. The number of unbranched alkanes of at least 4 members (excludes halogenated alkanes) is 1. The number of para-hydroxylation sites is 1. The zero-order valence-corrected chi connectivity index (χ0v) is 27.2. The van der Waals surface area contributed by atoms with Crippen LogP contribution >= 0.6 is 0 Å². The van der Waals surface area contributed by atoms with E-state index in [1.54, 1.807) is 65.8 Å². The molecule has 15 heteroatoms. The normalized spacial score (nSPS) is 12.3. The number of ether oxygens (including phenoxy) is 2. The summed E-state index contributed by atoms with van der Waals surface area (Å²) in [6, 6.07) is 11.7. The Bertz CT molecular complexity index is 1650. The number of aliphatic imine (C=N–C) groups is 1. The molecule has 2 aromatic carbocycles. The molecule has 250 valence electrons. The Hall–Kier alpha value is -4.40. The van der Waals surface area contributed by atoms with Crippen LogP contribution in [0.5, 0.6) is 0 Å². The first-order chi connectivity index (χ1) is 21.2. The van der Waals surface area contributed by atoms with Crippen LogP contribution in [0.3, 0.4) is 0 Å². The predicted molar refractivity (Wildman–Crippen MR) is 168 cm³/mol. The van der Waals surface area contributed by atoms with Gasteiger partial charge < -0.3 is 9.47 Å². The van der Waals surface area contributed by atoms with E-state index >= 15 is 0 Å². The van der Waals surface area contributed by atoms with Gasteiger partial charge in [0.15, 0.2) is 0 Å². The van der Waals surface area contributed by atoms with Gasteiger partial charge in [-0.2, -0.15) is 13.2 Å². The summed E-state index contributed by atoms with van der Waals surface area (Å²) < 4.78 is 77.6. The van der Waals surface area contributed by atoms with Gasteiger partial charge in [0.1, 0.15) is 11.2 Å². The third-order valence-electron chi connectivity index (χ3n) is 5.86. The number of pyridine rings is 1. The van der Waals surface area contributed by atoms with Crippen LogP contribution < -0.4 is 15.4 Å². The van der Waals surface area contributed by atoms with E-state index in [-0.39, 0.29) is 23.1 Å². The van der Waals surface area contributed by atoms with E-state index in [1.807, 2.05) is 0 Å². The fraction of sp³-hybridized carbons (Fsp3) is 0.419. The number of guanidine groups is 1. The van der Waals surface area contributed by atoms with Gasteiger partial charge in [-0.25, -0.2) is 18.0 Å². The van der Waals surface area contributed by atoms with Crippen LogP contribution in [0.25, 0.3) is 10.9 Å². The molecule has 0 spiro atoms. The summed E-state index contributed by atoms with van der Waals surface area (Å²) >= 11 is 0. The number of benzene rings is 2. The molecule has 46 heavy (non-hydrogen) atoms. The number of halogens is 3. The second kappa shape index (κ2) is 14.4. The number of hydrogen-bond donors (Lipinski definition) is 3. The van der Waals surface area contributed by atoms with Crippen molar-refractivity contribution in [2.24, 2.45) is 4.99 Å². The molecule has 0 fully saturated rings. The third-order valence-corrected chi connectivity index (χ3v) is 7.25. The number of aromatic nitrogens is 1. The van der Waals surface area contributed by atoms with E-state index in [9.17, 15) is 31.2 Å². The zero-order chi connectivity index (χ0) is 34.3. The maximum absolute atomic E-state index is 13.0. The van der Waals surface area contributed by atoms with Gasteiger partial charge in [-0.3, -0.25) is 25.3 Å². The second-order valence-corrected chi connectivity index (χ2v) is 13.9. The fourth-order valence-electron chi connectivity index (χ4n) is 3.96. The average molecular weight is 666 g/mol. The van der Waals surface area contributed by atoms with Gasteiger partial charge in [0.2, 0.25) is 5.96 Å². The van der Waals surface area contributed by atoms with Crippen molar-refractivity contribution in [3.8, 4) is 0 Å². The van der Waals surface area contributed by atoms with Crippen molar-refractivity contribution < 1.29 is 40.7 Å². The first-order valence-electron chi connectivity index (χ1n) is 14.3. The van der Waals surface area contributed by atoms with Gasteiger partial charge >= 0.3 is 18.4 Å². The highest BCUT2D eigenvalue weighted by Crippen LogP contribution is 2.30. The molecule has 1 heterocycles. The van der Waals surface area contributed by atoms with E-state index in [4.69, 9.17) is 9.47 Å². The van der Waals surface area contributed by atoms with E-state index in [2.05, 4.69) is 25.3 Å². The fourth-order valence-corrected chi connectivity index (χ4v) is 5.02. The Labute approximate surface area is 266 Å². The Balaban J connectivity index is 1.68. The Kier molecular flexibility index (Phi) is 11.3. The lowest BCUT2D eigenvalue weighted by atomic mass is 10.1. The summed E-state index contributed by atoms with van der Waals surface area (Å²) in [6.45, 7) is 10.4. The lowest BCUT2D eigenvalue weighted by Crippen LogP contribution is -2.47. The van der Waals surface area contributed by atoms with Crippen LogP contribution in [0, 0.1) is 0 Å². The molecule has 2 amide bonds. The summed E-state index contributed by atoms with van der Waals surface area (Å²) in [5, 5.41) is 5.51. The number of carbonyl (C=O) groups excluding carboxylic acids is 2. The highest BCUT2D eigenvalue weighted by molar-refractivity contribution is 7.92. The molecule has 0 aliphatic carbocycles. The van der Waals surface area contributed by atoms with Crippen LogP contribution in [0.15, 0.2) is 64.5 Å². The molecule has 0 radical (unpaired) electrons. The molecule has 0 saturated carbocycles. The largest absolute Gasteiger partial charge is 0.444 e. The summed E-state index contributed by atoms with van der Waals surface area (Å²) in [6.07, 6.45) is -4.54. The van der Waals surface area contributed by atoms with E-state index in [0.717, 1.165) is 12.1 Å². The number of fused-ring (bicyclic) bond motifs is 1. The average Bonchev–Trinajstić information content (AvgIpc) is 2.90. The van der Waals surface area contributed by atoms with Crippen LogP contribution in [-0.2, 0) is 32.1 Å². The van der Waals surface area contributed by atoms with Crippen LogP contribution in [0.2, 0.25) is 0 Å². The van der Waals surface area contributed by atoms with Gasteiger partial charge in [0.25, 0.3) is 10.0 Å². The van der Waals surface area contributed by atoms with Crippen molar-refractivity contribution in [2.45, 2.75) is 83.1 Å². The van der Waals surface area contributed by atoms with Crippen molar-refractivity contribution in [1.82, 2.24) is 15.6 Å². The minimum absolute atomic E-state index is 0.127. The maximum Gasteiger partial charge on any atom is 0.416 e. The molecule has 3 aromatic rings. The number of aryl methyl sites for hydroxylation is 1. The van der Waals surface area contributed by atoms with Gasteiger partial charge in [0, 0.05) is 17.6 Å². The number of rotatable bonds is 8. The van der Waals surface area contributed by atoms with Crippen molar-refractivity contribution in [2.75, 3.05) is 11.3 Å². The van der Waals surface area contributed by atoms with Crippen molar-refractivity contribution in [3.63, 3.8) is 0 Å². The smallest absolute Gasteiger partial charge is 0.416 e. The molecule has 0 saturated heterocycles. The van der Waals surface area contributed by atoms with Crippen LogP contribution in [0.4, 0.5) is 28.4 Å². The first kappa shape index (κ1) is 36.1. The molecule has 0 unspecified atom stereocenters. The van der Waals surface area contributed by atoms with Crippen LogP contribution in [0.1, 0.15) is 65.6 Å². The highest BCUT2D eigenvalue weighted by Gasteiger charge is 2.31. The predicted octanol–water partition coefficient (Wildman–Crippen LogP) is 6.78. The summed E-state index contributed by atoms with van der Waals surface area (Å²) in [5.74, 6) is -0.127. The molecular formula is C31H38F3N5O6S. The minimum atomic E-state index is -4.59. The number of nitrogens with one attached hydrogen (secondary N) is 3. The lowest BCUT2D eigenvalue weighted by Gasteiger charge is -2.22. The van der Waals surface area contributed by atoms with Crippen molar-refractivity contribution >= 4 is 44.8 Å². The monoisotopic (exact) mass is 665 g/mol. The van der Waals surface area contributed by atoms with Gasteiger partial charge in [0.05, 0.1) is 21.7 Å². The highest BCUT2D eigenvalue weighted by atomic mass is 32.2. The number of amides is 2. The maximum atomic E-state index is 13.0. The summed E-state index contributed by atoms with van der Waals surface area (Å²) in [4.78, 5) is 33.1. The van der Waals surface area contributed by atoms with Gasteiger partial charge in [-0.1, -0.05) is 18.2 Å². The van der Waals surface area contributed by atoms with Crippen LogP contribution in [-0.4, -0.2) is 49.3 Å². The number of anilines is 1. The minimum Gasteiger partial charge on any atom is -0.444 e. The Morgan fingerprint density at radius 2 is 1.41 bits per heavy atom. The van der Waals surface area contributed by atoms with E-state index in [0.29, 0.717) is 48.0 Å². The third kappa shape index (κ3) is 11.5. The number of sulfonamides is 1. The first-order valence-corrected chi connectivity index (χ1v) is 15.8. The van der Waals surface area contributed by atoms with Crippen molar-refractivity contribution in [1.29, 1.82) is 0 Å². The lowest BCUT2D eigenvalue weighted by molar-refractivity contribution is -0.137. The molecule has 3 rings (SSSR count). The molecular weight excluding hydrogens is 627 g/mol. The molecule has 0 aliphatic heterocycles. The molecule has 1 aromatic heterocycles. The topological polar surface area (TPSA) is 148 Å². The van der Waals surface area contributed by atoms with E-state index < -0.39 is 45.2 Å². The second-order valence-electron chi connectivity index (χ2n) is 12.2. The quantitative estimate of drug-likeness (QED) is 0.136. The number of nitrogens with zero attached hydrogens (tertiary/aromatic N) is 2. The standard InChI is InChI=1S/C31H38F3N5O6S/c1-29(2,3)44-27(40)37-26(38-28(41)45-30(4,5)6)35-19-8-7-11-22-16-13-20-10-9-12-24(25(20)36-22)39-46(42,43)23-17-14-21(15-18-23)31(32,33)34/h9-10,12-18,39H,7-8,11,19H2,1-6H3,(H2,35,37,38,40,41). The van der Waals surface area contributed by atoms with Crippen molar-refractivity contribution in [3.05, 3.63) is 65.9 Å². The molecule has 0 atom stereocenters. The summed E-state index contributed by atoms with van der Waals surface area (Å²) in [7, 11) is -4.20. The van der Waals surface area contributed by atoms with Gasteiger partial charge in [-0.05, 0) is 97.2 Å². The van der Waals surface area contributed by atoms with E-state index in [1.165, 1.54) is 6.07 Å². The summed E-state index contributed by atoms with van der Waals surface area (Å²) in [5.41, 5.74) is -1.28. The number of hydrogen-bond acceptors (Lipinski definition) is 8.